The van der Waals surface area contributed by atoms with Crippen LogP contribution in [0.2, 0.25) is 5.02 Å². The van der Waals surface area contributed by atoms with E-state index in [-0.39, 0.29) is 17.8 Å². The van der Waals surface area contributed by atoms with Crippen molar-refractivity contribution in [1.82, 2.24) is 14.8 Å². The lowest BCUT2D eigenvalue weighted by Gasteiger charge is -2.14. The Labute approximate surface area is 189 Å². The number of rotatable bonds is 8. The first kappa shape index (κ1) is 21.4. The number of benzene rings is 1. The average Bonchev–Trinajstić information content (AvgIpc) is 3.49. The zero-order chi connectivity index (χ0) is 20.9. The number of hydrogen-bond acceptors (Lipinski definition) is 6. The van der Waals surface area contributed by atoms with E-state index in [2.05, 4.69) is 38.5 Å². The molecule has 4 rings (SSSR count). The third-order valence-electron chi connectivity index (χ3n) is 4.85. The van der Waals surface area contributed by atoms with E-state index in [1.807, 2.05) is 0 Å². The number of amides is 1. The van der Waals surface area contributed by atoms with E-state index < -0.39 is 0 Å². The van der Waals surface area contributed by atoms with Crippen LogP contribution in [0.3, 0.4) is 0 Å². The number of thioether (sulfide) groups is 1. The van der Waals surface area contributed by atoms with Gasteiger partial charge >= 0.3 is 0 Å². The van der Waals surface area contributed by atoms with Crippen molar-refractivity contribution in [3.8, 4) is 11.4 Å². The van der Waals surface area contributed by atoms with Crippen LogP contribution in [0.15, 0.2) is 40.9 Å². The van der Waals surface area contributed by atoms with E-state index >= 15 is 0 Å². The van der Waals surface area contributed by atoms with Gasteiger partial charge in [-0.1, -0.05) is 30.3 Å². The molecule has 30 heavy (non-hydrogen) atoms. The molecule has 1 unspecified atom stereocenters. The van der Waals surface area contributed by atoms with Crippen LogP contribution < -0.4 is 5.32 Å². The Morgan fingerprint density at radius 3 is 2.90 bits per heavy atom. The number of hydrogen-bond donors (Lipinski definition) is 1. The molecule has 3 aromatic rings. The SMILES string of the molecule is CCc1cc(-c2nnc(SCC(=O)Nc3ccc(Cl)cc3)n2CC2CCCO2)cs1. The number of nitrogens with one attached hydrogen (secondary N) is 1. The summed E-state index contributed by atoms with van der Waals surface area (Å²) < 4.78 is 7.93. The molecule has 0 spiro atoms. The topological polar surface area (TPSA) is 69.0 Å². The highest BCUT2D eigenvalue weighted by atomic mass is 35.5. The number of nitrogens with zero attached hydrogens (tertiary/aromatic N) is 3. The Bertz CT molecular complexity index is 997. The first-order valence-electron chi connectivity index (χ1n) is 9.93. The van der Waals surface area contributed by atoms with Gasteiger partial charge in [-0.05, 0) is 49.6 Å². The van der Waals surface area contributed by atoms with Crippen LogP contribution in [0.25, 0.3) is 11.4 Å². The molecule has 1 aromatic carbocycles. The Hall–Kier alpha value is -1.87. The van der Waals surface area contributed by atoms with Gasteiger partial charge in [-0.2, -0.15) is 0 Å². The number of carbonyl (C=O) groups excluding carboxylic acids is 1. The van der Waals surface area contributed by atoms with Crippen LogP contribution in [0.4, 0.5) is 5.69 Å². The molecule has 1 aliphatic rings. The molecular weight excluding hydrogens is 440 g/mol. The van der Waals surface area contributed by atoms with Crippen LogP contribution in [0, 0.1) is 0 Å². The lowest BCUT2D eigenvalue weighted by atomic mass is 10.2. The van der Waals surface area contributed by atoms with Gasteiger partial charge in [0.15, 0.2) is 11.0 Å². The van der Waals surface area contributed by atoms with Crippen molar-refractivity contribution in [2.75, 3.05) is 17.7 Å². The minimum absolute atomic E-state index is 0.0978. The molecule has 1 saturated heterocycles. The summed E-state index contributed by atoms with van der Waals surface area (Å²) in [5, 5.41) is 15.2. The Morgan fingerprint density at radius 2 is 2.20 bits per heavy atom. The number of halogens is 1. The van der Waals surface area contributed by atoms with E-state index in [1.54, 1.807) is 35.6 Å². The molecule has 1 aliphatic heterocycles. The van der Waals surface area contributed by atoms with E-state index in [0.29, 0.717) is 11.6 Å². The molecular formula is C21H23ClN4O2S2. The van der Waals surface area contributed by atoms with E-state index in [9.17, 15) is 4.79 Å². The van der Waals surface area contributed by atoms with E-state index in [0.717, 1.165) is 48.1 Å². The summed E-state index contributed by atoms with van der Waals surface area (Å²) >= 11 is 9.02. The third kappa shape index (κ3) is 5.24. The number of aryl methyl sites for hydroxylation is 1. The number of aromatic nitrogens is 3. The number of carbonyl (C=O) groups is 1. The molecule has 0 saturated carbocycles. The fraction of sp³-hybridized carbons (Fsp3) is 0.381. The van der Waals surface area contributed by atoms with Crippen molar-refractivity contribution < 1.29 is 9.53 Å². The molecule has 2 aromatic heterocycles. The average molecular weight is 463 g/mol. The smallest absolute Gasteiger partial charge is 0.234 e. The van der Waals surface area contributed by atoms with Gasteiger partial charge in [0, 0.05) is 33.1 Å². The molecule has 1 amide bonds. The summed E-state index contributed by atoms with van der Waals surface area (Å²) in [6.07, 6.45) is 3.26. The maximum atomic E-state index is 12.4. The number of anilines is 1. The van der Waals surface area contributed by atoms with Gasteiger partial charge in [-0.25, -0.2) is 0 Å². The number of thiophene rings is 1. The zero-order valence-electron chi connectivity index (χ0n) is 16.6. The van der Waals surface area contributed by atoms with Crippen molar-refractivity contribution in [3.05, 3.63) is 45.6 Å². The fourth-order valence-electron chi connectivity index (χ4n) is 3.31. The molecule has 1 N–H and O–H groups in total. The molecule has 0 radical (unpaired) electrons. The van der Waals surface area contributed by atoms with Crippen LogP contribution in [0.5, 0.6) is 0 Å². The summed E-state index contributed by atoms with van der Waals surface area (Å²) in [7, 11) is 0. The van der Waals surface area contributed by atoms with Crippen LogP contribution in [-0.4, -0.2) is 39.1 Å². The highest BCUT2D eigenvalue weighted by molar-refractivity contribution is 7.99. The molecule has 0 aliphatic carbocycles. The predicted molar refractivity (Wildman–Crippen MR) is 122 cm³/mol. The summed E-state index contributed by atoms with van der Waals surface area (Å²) in [6.45, 7) is 3.64. The predicted octanol–water partition coefficient (Wildman–Crippen LogP) is 5.13. The van der Waals surface area contributed by atoms with Crippen molar-refractivity contribution >= 4 is 46.3 Å². The van der Waals surface area contributed by atoms with E-state index in [4.69, 9.17) is 16.3 Å². The second-order valence-electron chi connectivity index (χ2n) is 7.05. The fourth-order valence-corrected chi connectivity index (χ4v) is 5.00. The van der Waals surface area contributed by atoms with Crippen LogP contribution in [0.1, 0.15) is 24.6 Å². The van der Waals surface area contributed by atoms with Gasteiger partial charge in [0.25, 0.3) is 0 Å². The Morgan fingerprint density at radius 1 is 1.37 bits per heavy atom. The molecule has 9 heteroatoms. The largest absolute Gasteiger partial charge is 0.376 e. The summed E-state index contributed by atoms with van der Waals surface area (Å²) in [5.74, 6) is 0.984. The van der Waals surface area contributed by atoms with Crippen molar-refractivity contribution in [2.45, 2.75) is 44.0 Å². The lowest BCUT2D eigenvalue weighted by molar-refractivity contribution is -0.113. The second kappa shape index (κ2) is 9.96. The molecule has 6 nitrogen and oxygen atoms in total. The maximum Gasteiger partial charge on any atom is 0.234 e. The molecule has 158 valence electrons. The first-order chi connectivity index (χ1) is 14.6. The van der Waals surface area contributed by atoms with Crippen molar-refractivity contribution in [3.63, 3.8) is 0 Å². The van der Waals surface area contributed by atoms with E-state index in [1.165, 1.54) is 16.6 Å². The minimum Gasteiger partial charge on any atom is -0.376 e. The van der Waals surface area contributed by atoms with Gasteiger partial charge in [0.05, 0.1) is 18.4 Å². The van der Waals surface area contributed by atoms with Gasteiger partial charge in [0.2, 0.25) is 5.91 Å². The quantitative estimate of drug-likeness (QED) is 0.470. The zero-order valence-corrected chi connectivity index (χ0v) is 19.0. The van der Waals surface area contributed by atoms with Crippen LogP contribution in [-0.2, 0) is 22.5 Å². The summed E-state index contributed by atoms with van der Waals surface area (Å²) in [6, 6.07) is 9.23. The highest BCUT2D eigenvalue weighted by Crippen LogP contribution is 2.29. The number of ether oxygens (including phenoxy) is 1. The highest BCUT2D eigenvalue weighted by Gasteiger charge is 2.22. The maximum absolute atomic E-state index is 12.4. The van der Waals surface area contributed by atoms with Crippen LogP contribution >= 0.6 is 34.7 Å². The summed E-state index contributed by atoms with van der Waals surface area (Å²) in [4.78, 5) is 13.7. The van der Waals surface area contributed by atoms with Gasteiger partial charge < -0.3 is 10.1 Å². The van der Waals surface area contributed by atoms with Crippen molar-refractivity contribution in [2.24, 2.45) is 0 Å². The lowest BCUT2D eigenvalue weighted by Crippen LogP contribution is -2.18. The normalized spacial score (nSPS) is 16.1. The van der Waals surface area contributed by atoms with Crippen molar-refractivity contribution in [1.29, 1.82) is 0 Å². The standard InChI is InChI=1S/C21H23ClN4O2S2/c1-2-18-10-14(12-29-18)20-24-25-21(26(20)11-17-4-3-9-28-17)30-13-19(27)23-16-7-5-15(22)6-8-16/h5-8,10,12,17H,2-4,9,11,13H2,1H3,(H,23,27). The third-order valence-corrected chi connectivity index (χ3v) is 7.15. The monoisotopic (exact) mass is 462 g/mol. The molecule has 0 bridgehead atoms. The molecule has 3 heterocycles. The second-order valence-corrected chi connectivity index (χ2v) is 9.43. The Balaban J connectivity index is 1.48. The van der Waals surface area contributed by atoms with Gasteiger partial charge in [-0.15, -0.1) is 21.5 Å². The minimum atomic E-state index is -0.0978. The van der Waals surface area contributed by atoms with Gasteiger partial charge in [0.1, 0.15) is 0 Å². The summed E-state index contributed by atoms with van der Waals surface area (Å²) in [5.41, 5.74) is 1.79. The first-order valence-corrected chi connectivity index (χ1v) is 12.2. The molecule has 1 atom stereocenters. The van der Waals surface area contributed by atoms with Gasteiger partial charge in [-0.3, -0.25) is 9.36 Å². The Kier molecular flexibility index (Phi) is 7.09. The molecule has 1 fully saturated rings.